The normalized spacial score (nSPS) is 12.3. The standard InChI is InChI=1S/C21H20N4O3/c1-2-25(16-6-4-3-5-7-16)21(26)17-9-11-20(24-23-17)22-15-8-10-18-19(14-15)28-13-12-27-18/h3-11,14H,2,12-13H2,1H3,(H,22,24). The summed E-state index contributed by atoms with van der Waals surface area (Å²) in [6.45, 7) is 3.55. The summed E-state index contributed by atoms with van der Waals surface area (Å²) in [5, 5.41) is 11.4. The van der Waals surface area contributed by atoms with Crippen LogP contribution in [0.15, 0.2) is 60.7 Å². The van der Waals surface area contributed by atoms with E-state index in [1.54, 1.807) is 17.0 Å². The van der Waals surface area contributed by atoms with E-state index < -0.39 is 0 Å². The van der Waals surface area contributed by atoms with Gasteiger partial charge in [0.15, 0.2) is 23.0 Å². The molecule has 0 aliphatic carbocycles. The summed E-state index contributed by atoms with van der Waals surface area (Å²) >= 11 is 0. The zero-order valence-corrected chi connectivity index (χ0v) is 15.5. The molecule has 0 spiro atoms. The molecule has 7 nitrogen and oxygen atoms in total. The topological polar surface area (TPSA) is 76.6 Å². The Balaban J connectivity index is 1.48. The molecule has 1 amide bonds. The Hall–Kier alpha value is -3.61. The van der Waals surface area contributed by atoms with Crippen LogP contribution in [0.5, 0.6) is 11.5 Å². The molecule has 0 bridgehead atoms. The highest BCUT2D eigenvalue weighted by Crippen LogP contribution is 2.33. The zero-order chi connectivity index (χ0) is 19.3. The molecule has 4 rings (SSSR count). The molecule has 3 aromatic rings. The highest BCUT2D eigenvalue weighted by atomic mass is 16.6. The molecule has 0 fully saturated rings. The Morgan fingerprint density at radius 1 is 1.00 bits per heavy atom. The Morgan fingerprint density at radius 2 is 1.79 bits per heavy atom. The van der Waals surface area contributed by atoms with Crippen molar-refractivity contribution in [3.05, 3.63) is 66.4 Å². The first kappa shape index (κ1) is 17.8. The number of carbonyl (C=O) groups is 1. The molecular formula is C21H20N4O3. The molecule has 0 atom stereocenters. The molecule has 1 aliphatic heterocycles. The van der Waals surface area contributed by atoms with E-state index in [0.29, 0.717) is 37.0 Å². The van der Waals surface area contributed by atoms with Gasteiger partial charge >= 0.3 is 0 Å². The number of hydrogen-bond acceptors (Lipinski definition) is 6. The first-order valence-corrected chi connectivity index (χ1v) is 9.12. The van der Waals surface area contributed by atoms with Gasteiger partial charge in [-0.3, -0.25) is 4.79 Å². The van der Waals surface area contributed by atoms with Gasteiger partial charge in [-0.05, 0) is 43.3 Å². The van der Waals surface area contributed by atoms with Gasteiger partial charge in [-0.15, -0.1) is 10.2 Å². The van der Waals surface area contributed by atoms with E-state index >= 15 is 0 Å². The van der Waals surface area contributed by atoms with Crippen molar-refractivity contribution in [2.24, 2.45) is 0 Å². The minimum Gasteiger partial charge on any atom is -0.486 e. The number of nitrogens with zero attached hydrogens (tertiary/aromatic N) is 3. The van der Waals surface area contributed by atoms with Crippen LogP contribution < -0.4 is 19.7 Å². The van der Waals surface area contributed by atoms with E-state index in [1.807, 2.05) is 55.5 Å². The van der Waals surface area contributed by atoms with Crippen LogP contribution >= 0.6 is 0 Å². The molecule has 0 saturated carbocycles. The summed E-state index contributed by atoms with van der Waals surface area (Å²) in [6, 6.07) is 18.5. The van der Waals surface area contributed by atoms with E-state index in [9.17, 15) is 4.79 Å². The predicted octanol–water partition coefficient (Wildman–Crippen LogP) is 3.66. The number of aromatic nitrogens is 2. The highest BCUT2D eigenvalue weighted by molar-refractivity contribution is 6.04. The van der Waals surface area contributed by atoms with Crippen LogP contribution in [0.2, 0.25) is 0 Å². The third-order valence-corrected chi connectivity index (χ3v) is 4.33. The number of nitrogens with one attached hydrogen (secondary N) is 1. The van der Waals surface area contributed by atoms with Gasteiger partial charge in [0.05, 0.1) is 0 Å². The van der Waals surface area contributed by atoms with E-state index in [0.717, 1.165) is 17.1 Å². The maximum Gasteiger partial charge on any atom is 0.278 e. The second kappa shape index (κ2) is 7.96. The Morgan fingerprint density at radius 3 is 2.50 bits per heavy atom. The Bertz CT molecular complexity index is 961. The highest BCUT2D eigenvalue weighted by Gasteiger charge is 2.18. The van der Waals surface area contributed by atoms with Crippen LogP contribution in [0.25, 0.3) is 0 Å². The van der Waals surface area contributed by atoms with E-state index in [4.69, 9.17) is 9.47 Å². The van der Waals surface area contributed by atoms with Crippen molar-refractivity contribution in [2.75, 3.05) is 30.0 Å². The molecule has 142 valence electrons. The maximum absolute atomic E-state index is 12.8. The van der Waals surface area contributed by atoms with Crippen LogP contribution in [-0.2, 0) is 0 Å². The minimum atomic E-state index is -0.188. The fourth-order valence-corrected chi connectivity index (χ4v) is 2.97. The fraction of sp³-hybridized carbons (Fsp3) is 0.190. The van der Waals surface area contributed by atoms with Crippen LogP contribution in [0, 0.1) is 0 Å². The van der Waals surface area contributed by atoms with Crippen molar-refractivity contribution in [3.63, 3.8) is 0 Å². The minimum absolute atomic E-state index is 0.188. The third-order valence-electron chi connectivity index (χ3n) is 4.33. The van der Waals surface area contributed by atoms with Gasteiger partial charge in [0.25, 0.3) is 5.91 Å². The quantitative estimate of drug-likeness (QED) is 0.732. The van der Waals surface area contributed by atoms with Crippen molar-refractivity contribution in [3.8, 4) is 11.5 Å². The van der Waals surface area contributed by atoms with Crippen molar-refractivity contribution in [1.29, 1.82) is 0 Å². The second-order valence-electron chi connectivity index (χ2n) is 6.17. The Labute approximate surface area is 162 Å². The van der Waals surface area contributed by atoms with Gasteiger partial charge in [-0.25, -0.2) is 0 Å². The summed E-state index contributed by atoms with van der Waals surface area (Å²) in [4.78, 5) is 14.4. The summed E-state index contributed by atoms with van der Waals surface area (Å²) in [6.07, 6.45) is 0. The number of rotatable bonds is 5. The van der Waals surface area contributed by atoms with Gasteiger partial charge < -0.3 is 19.7 Å². The lowest BCUT2D eigenvalue weighted by Gasteiger charge is -2.20. The summed E-state index contributed by atoms with van der Waals surface area (Å²) < 4.78 is 11.1. The summed E-state index contributed by atoms with van der Waals surface area (Å²) in [7, 11) is 0. The number of fused-ring (bicyclic) bond motifs is 1. The monoisotopic (exact) mass is 376 g/mol. The summed E-state index contributed by atoms with van der Waals surface area (Å²) in [5.74, 6) is 1.77. The van der Waals surface area contributed by atoms with Gasteiger partial charge in [-0.2, -0.15) is 0 Å². The SMILES string of the molecule is CCN(C(=O)c1ccc(Nc2ccc3c(c2)OCCO3)nn1)c1ccccc1. The molecule has 0 radical (unpaired) electrons. The number of para-hydroxylation sites is 1. The lowest BCUT2D eigenvalue weighted by Crippen LogP contribution is -2.31. The lowest BCUT2D eigenvalue weighted by molar-refractivity contribution is 0.0982. The van der Waals surface area contributed by atoms with E-state index in [1.165, 1.54) is 0 Å². The third kappa shape index (κ3) is 3.73. The molecule has 0 saturated heterocycles. The molecule has 1 N–H and O–H groups in total. The second-order valence-corrected chi connectivity index (χ2v) is 6.17. The van der Waals surface area contributed by atoms with Gasteiger partial charge in [-0.1, -0.05) is 18.2 Å². The average Bonchev–Trinajstić information content (AvgIpc) is 2.75. The number of hydrogen-bond donors (Lipinski definition) is 1. The molecular weight excluding hydrogens is 356 g/mol. The number of carbonyl (C=O) groups excluding carboxylic acids is 1. The fourth-order valence-electron chi connectivity index (χ4n) is 2.97. The lowest BCUT2D eigenvalue weighted by atomic mass is 10.2. The molecule has 7 heteroatoms. The first-order valence-electron chi connectivity index (χ1n) is 9.12. The predicted molar refractivity (Wildman–Crippen MR) is 107 cm³/mol. The molecule has 2 heterocycles. The van der Waals surface area contributed by atoms with Gasteiger partial charge in [0, 0.05) is 24.0 Å². The van der Waals surface area contributed by atoms with Crippen molar-refractivity contribution >= 4 is 23.1 Å². The Kier molecular flexibility index (Phi) is 5.05. The van der Waals surface area contributed by atoms with Crippen LogP contribution in [0.3, 0.4) is 0 Å². The van der Waals surface area contributed by atoms with Crippen molar-refractivity contribution in [1.82, 2.24) is 10.2 Å². The molecule has 2 aromatic carbocycles. The van der Waals surface area contributed by atoms with Crippen molar-refractivity contribution in [2.45, 2.75) is 6.92 Å². The molecule has 0 unspecified atom stereocenters. The first-order chi connectivity index (χ1) is 13.7. The number of amides is 1. The van der Waals surface area contributed by atoms with Crippen LogP contribution in [0.1, 0.15) is 17.4 Å². The van der Waals surface area contributed by atoms with Gasteiger partial charge in [0.1, 0.15) is 13.2 Å². The average molecular weight is 376 g/mol. The smallest absolute Gasteiger partial charge is 0.278 e. The largest absolute Gasteiger partial charge is 0.486 e. The number of ether oxygens (including phenoxy) is 2. The van der Waals surface area contributed by atoms with Crippen LogP contribution in [0.4, 0.5) is 17.2 Å². The molecule has 1 aliphatic rings. The van der Waals surface area contributed by atoms with E-state index in [2.05, 4.69) is 15.5 Å². The summed E-state index contributed by atoms with van der Waals surface area (Å²) in [5.41, 5.74) is 1.92. The number of anilines is 3. The number of benzene rings is 2. The molecule has 28 heavy (non-hydrogen) atoms. The molecule has 1 aromatic heterocycles. The van der Waals surface area contributed by atoms with Gasteiger partial charge in [0.2, 0.25) is 0 Å². The van der Waals surface area contributed by atoms with Crippen LogP contribution in [-0.4, -0.2) is 35.9 Å². The maximum atomic E-state index is 12.8. The zero-order valence-electron chi connectivity index (χ0n) is 15.5. The van der Waals surface area contributed by atoms with E-state index in [-0.39, 0.29) is 5.91 Å². The van der Waals surface area contributed by atoms with Crippen molar-refractivity contribution < 1.29 is 14.3 Å².